The Bertz CT molecular complexity index is 1460. The molecule has 0 bridgehead atoms. The van der Waals surface area contributed by atoms with Crippen molar-refractivity contribution in [3.8, 4) is 0 Å². The molecule has 0 aromatic rings. The summed E-state index contributed by atoms with van der Waals surface area (Å²) in [5, 5.41) is 0. The van der Waals surface area contributed by atoms with Gasteiger partial charge >= 0.3 is 11.9 Å². The van der Waals surface area contributed by atoms with Gasteiger partial charge in [-0.25, -0.2) is 0 Å². The van der Waals surface area contributed by atoms with E-state index in [2.05, 4.69) is 62.5 Å². The maximum absolute atomic E-state index is 12.8. The van der Waals surface area contributed by atoms with Crippen molar-refractivity contribution in [1.82, 2.24) is 0 Å². The first-order valence-corrected chi connectivity index (χ1v) is 34.8. The van der Waals surface area contributed by atoms with Crippen LogP contribution in [-0.2, 0) is 32.7 Å². The topological polar surface area (TPSA) is 111 Å². The van der Waals surface area contributed by atoms with Crippen molar-refractivity contribution >= 4 is 19.8 Å². The van der Waals surface area contributed by atoms with Gasteiger partial charge < -0.3 is 27.9 Å². The molecule has 0 saturated heterocycles. The lowest BCUT2D eigenvalue weighted by Gasteiger charge is -2.28. The summed E-state index contributed by atoms with van der Waals surface area (Å²) in [7, 11) is 1.18. The number of allylic oxidation sites excluding steroid dienone is 8. The average Bonchev–Trinajstić information content (AvgIpc) is 3.41. The maximum atomic E-state index is 12.8. The van der Waals surface area contributed by atoms with Crippen LogP contribution in [0.2, 0.25) is 0 Å². The van der Waals surface area contributed by atoms with Gasteiger partial charge in [-0.05, 0) is 51.4 Å². The zero-order chi connectivity index (χ0) is 57.0. The summed E-state index contributed by atoms with van der Waals surface area (Å²) in [5.74, 6) is -0.813. The van der Waals surface area contributed by atoms with Gasteiger partial charge in [0.15, 0.2) is 6.10 Å². The lowest BCUT2D eigenvalue weighted by Crippen LogP contribution is -2.37. The van der Waals surface area contributed by atoms with Crippen LogP contribution < -0.4 is 4.89 Å². The Balaban J connectivity index is 4.00. The van der Waals surface area contributed by atoms with E-state index in [-0.39, 0.29) is 32.0 Å². The molecule has 2 unspecified atom stereocenters. The molecule has 0 aliphatic rings. The van der Waals surface area contributed by atoms with Crippen LogP contribution in [0.15, 0.2) is 48.6 Å². The van der Waals surface area contributed by atoms with Gasteiger partial charge in [-0.15, -0.1) is 0 Å². The molecule has 78 heavy (non-hydrogen) atoms. The van der Waals surface area contributed by atoms with Crippen molar-refractivity contribution < 1.29 is 42.1 Å². The van der Waals surface area contributed by atoms with Gasteiger partial charge in [0.05, 0.1) is 27.7 Å². The number of phosphoric acid groups is 1. The maximum Gasteiger partial charge on any atom is 0.306 e. The molecular weight excluding hydrogens is 990 g/mol. The highest BCUT2D eigenvalue weighted by Crippen LogP contribution is 2.38. The first-order chi connectivity index (χ1) is 38.0. The molecule has 0 radical (unpaired) electrons. The number of likely N-dealkylation sites (N-methyl/N-ethyl adjacent to an activating group) is 1. The third kappa shape index (κ3) is 63.2. The largest absolute Gasteiger partial charge is 0.756 e. The Kier molecular flexibility index (Phi) is 58.0. The van der Waals surface area contributed by atoms with Crippen molar-refractivity contribution in [3.63, 3.8) is 0 Å². The predicted octanol–water partition coefficient (Wildman–Crippen LogP) is 20.6. The summed E-state index contributed by atoms with van der Waals surface area (Å²) in [5.41, 5.74) is 0. The summed E-state index contributed by atoms with van der Waals surface area (Å²) in [4.78, 5) is 38.0. The van der Waals surface area contributed by atoms with Crippen LogP contribution in [0, 0.1) is 0 Å². The molecule has 9 nitrogen and oxygen atoms in total. The minimum Gasteiger partial charge on any atom is -0.756 e. The molecule has 0 aromatic carbocycles. The molecule has 0 fully saturated rings. The average molecular weight is 1120 g/mol. The number of hydrogen-bond acceptors (Lipinski definition) is 8. The number of carbonyl (C=O) groups is 2. The van der Waals surface area contributed by atoms with Gasteiger partial charge in [0.1, 0.15) is 19.8 Å². The second-order valence-corrected chi connectivity index (χ2v) is 25.2. The molecule has 0 aromatic heterocycles. The normalized spacial score (nSPS) is 13.5. The molecule has 0 heterocycles. The van der Waals surface area contributed by atoms with E-state index >= 15 is 0 Å². The molecule has 0 aliphatic carbocycles. The Hall–Kier alpha value is -2.03. The molecule has 0 spiro atoms. The van der Waals surface area contributed by atoms with Gasteiger partial charge in [0.2, 0.25) is 0 Å². The van der Waals surface area contributed by atoms with Crippen molar-refractivity contribution in [3.05, 3.63) is 48.6 Å². The number of ether oxygens (including phenoxy) is 2. The third-order valence-electron chi connectivity index (χ3n) is 14.9. The number of unbranched alkanes of at least 4 members (excludes halogenated alkanes) is 40. The molecule has 10 heteroatoms. The second-order valence-electron chi connectivity index (χ2n) is 23.8. The van der Waals surface area contributed by atoms with E-state index in [1.165, 1.54) is 231 Å². The molecule has 0 amide bonds. The minimum atomic E-state index is -4.64. The molecule has 458 valence electrons. The summed E-state index contributed by atoms with van der Waals surface area (Å²) >= 11 is 0. The predicted molar refractivity (Wildman–Crippen MR) is 333 cm³/mol. The fourth-order valence-electron chi connectivity index (χ4n) is 9.77. The molecule has 0 N–H and O–H groups in total. The minimum absolute atomic E-state index is 0.0280. The van der Waals surface area contributed by atoms with Crippen LogP contribution in [0.25, 0.3) is 0 Å². The van der Waals surface area contributed by atoms with Crippen LogP contribution in [0.5, 0.6) is 0 Å². The summed E-state index contributed by atoms with van der Waals surface area (Å²) in [6.45, 7) is 4.19. The number of esters is 2. The first-order valence-electron chi connectivity index (χ1n) is 33.3. The summed E-state index contributed by atoms with van der Waals surface area (Å²) < 4.78 is 34.3. The first kappa shape index (κ1) is 76.0. The Labute approximate surface area is 484 Å². The van der Waals surface area contributed by atoms with Gasteiger partial charge in [-0.2, -0.15) is 0 Å². The molecular formula is C68H128NO8P. The summed E-state index contributed by atoms with van der Waals surface area (Å²) in [6.07, 6.45) is 76.1. The number of nitrogens with zero attached hydrogens (tertiary/aromatic N) is 1. The van der Waals surface area contributed by atoms with Crippen molar-refractivity contribution in [2.75, 3.05) is 47.5 Å². The van der Waals surface area contributed by atoms with Crippen LogP contribution in [0.3, 0.4) is 0 Å². The number of quaternary nitrogens is 1. The number of rotatable bonds is 62. The van der Waals surface area contributed by atoms with E-state index in [9.17, 15) is 19.0 Å². The lowest BCUT2D eigenvalue weighted by molar-refractivity contribution is -0.870. The fraction of sp³-hybridized carbons (Fsp3) is 0.853. The van der Waals surface area contributed by atoms with E-state index in [0.717, 1.165) is 57.8 Å². The number of carbonyl (C=O) groups excluding carboxylic acids is 2. The molecule has 2 atom stereocenters. The summed E-state index contributed by atoms with van der Waals surface area (Å²) in [6, 6.07) is 0. The number of hydrogen-bond donors (Lipinski definition) is 0. The van der Waals surface area contributed by atoms with Crippen molar-refractivity contribution in [2.24, 2.45) is 0 Å². The van der Waals surface area contributed by atoms with Crippen LogP contribution >= 0.6 is 7.82 Å². The highest BCUT2D eigenvalue weighted by Gasteiger charge is 2.22. The van der Waals surface area contributed by atoms with Gasteiger partial charge in [-0.1, -0.05) is 306 Å². The SMILES string of the molecule is CC/C=C\C/C=C\C/C=C\C/C=C\CCCCCCCCCCCCCCCCCCCCCCC(=O)OC(COC(=O)CCCCCCCCCCCCCCCCCCCCCCC)COP(=O)([O-])OCC[N+](C)(C)C. The molecule has 0 aliphatic heterocycles. The van der Waals surface area contributed by atoms with Crippen molar-refractivity contribution in [1.29, 1.82) is 0 Å². The van der Waals surface area contributed by atoms with E-state index in [1.807, 2.05) is 21.1 Å². The lowest BCUT2D eigenvalue weighted by atomic mass is 10.0. The Morgan fingerprint density at radius 1 is 0.410 bits per heavy atom. The van der Waals surface area contributed by atoms with E-state index in [0.29, 0.717) is 17.4 Å². The zero-order valence-electron chi connectivity index (χ0n) is 52.1. The highest BCUT2D eigenvalue weighted by atomic mass is 31.2. The highest BCUT2D eigenvalue weighted by molar-refractivity contribution is 7.45. The molecule has 0 rings (SSSR count). The van der Waals surface area contributed by atoms with E-state index in [4.69, 9.17) is 18.5 Å². The monoisotopic (exact) mass is 1120 g/mol. The van der Waals surface area contributed by atoms with E-state index in [1.54, 1.807) is 0 Å². The Morgan fingerprint density at radius 2 is 0.731 bits per heavy atom. The standard InChI is InChI=1S/C68H128NO8P/c1-6-8-10-12-14-16-18-20-22-24-26-28-29-30-31-32-33-34-35-36-37-38-39-41-43-45-47-49-51-53-55-57-59-61-68(71)77-66(65-76-78(72,73)75-63-62-69(3,4)5)64-74-67(70)60-58-56-54-52-50-48-46-44-42-40-27-25-23-21-19-17-15-13-11-9-7-2/h8,10,14,16,20,22,26,28,66H,6-7,9,11-13,15,17-19,21,23-25,27,29-65H2,1-5H3/b10-8-,16-14-,22-20-,28-26-. The van der Waals surface area contributed by atoms with Gasteiger partial charge in [-0.3, -0.25) is 14.2 Å². The number of phosphoric ester groups is 1. The third-order valence-corrected chi connectivity index (χ3v) is 15.8. The second kappa shape index (κ2) is 59.6. The van der Waals surface area contributed by atoms with Gasteiger partial charge in [0, 0.05) is 12.8 Å². The van der Waals surface area contributed by atoms with E-state index < -0.39 is 26.5 Å². The Morgan fingerprint density at radius 3 is 1.09 bits per heavy atom. The zero-order valence-corrected chi connectivity index (χ0v) is 53.0. The van der Waals surface area contributed by atoms with Crippen LogP contribution in [0.1, 0.15) is 322 Å². The van der Waals surface area contributed by atoms with Gasteiger partial charge in [0.25, 0.3) is 7.82 Å². The fourth-order valence-corrected chi connectivity index (χ4v) is 10.5. The molecule has 0 saturated carbocycles. The van der Waals surface area contributed by atoms with Crippen LogP contribution in [-0.4, -0.2) is 70.0 Å². The smallest absolute Gasteiger partial charge is 0.306 e. The van der Waals surface area contributed by atoms with Crippen LogP contribution in [0.4, 0.5) is 0 Å². The quantitative estimate of drug-likeness (QED) is 0.0195. The van der Waals surface area contributed by atoms with Crippen molar-refractivity contribution in [2.45, 2.75) is 328 Å².